The number of nitrogens with zero attached hydrogens (tertiary/aromatic N) is 2. The van der Waals surface area contributed by atoms with Crippen molar-refractivity contribution in [3.8, 4) is 28.2 Å². The van der Waals surface area contributed by atoms with Gasteiger partial charge in [-0.2, -0.15) is 5.16 Å². The Labute approximate surface area is 171 Å². The SMILES string of the molecule is O=c1[nH]oc(-c2ccc(OCc3ccc4ccccc4n3)cc2)c1-c1ccncc1. The van der Waals surface area contributed by atoms with E-state index < -0.39 is 0 Å². The van der Waals surface area contributed by atoms with Gasteiger partial charge in [0.1, 0.15) is 12.4 Å². The van der Waals surface area contributed by atoms with E-state index in [9.17, 15) is 4.79 Å². The van der Waals surface area contributed by atoms with Gasteiger partial charge >= 0.3 is 0 Å². The summed E-state index contributed by atoms with van der Waals surface area (Å²) in [6.07, 6.45) is 3.28. The zero-order chi connectivity index (χ0) is 20.3. The molecule has 5 rings (SSSR count). The minimum Gasteiger partial charge on any atom is -0.487 e. The van der Waals surface area contributed by atoms with Gasteiger partial charge in [0, 0.05) is 23.3 Å². The summed E-state index contributed by atoms with van der Waals surface area (Å²) in [4.78, 5) is 20.8. The van der Waals surface area contributed by atoms with Crippen LogP contribution in [-0.4, -0.2) is 15.1 Å². The van der Waals surface area contributed by atoms with E-state index in [-0.39, 0.29) is 5.56 Å². The van der Waals surface area contributed by atoms with Crippen LogP contribution in [0.15, 0.2) is 94.5 Å². The van der Waals surface area contributed by atoms with Crippen LogP contribution in [0.5, 0.6) is 5.75 Å². The van der Waals surface area contributed by atoms with Crippen LogP contribution in [0.4, 0.5) is 0 Å². The molecule has 2 aromatic carbocycles. The third-order valence-corrected chi connectivity index (χ3v) is 4.83. The van der Waals surface area contributed by atoms with Crippen LogP contribution in [-0.2, 0) is 6.61 Å². The second kappa shape index (κ2) is 7.67. The number of fused-ring (bicyclic) bond motifs is 1. The average molecular weight is 395 g/mol. The first-order valence-electron chi connectivity index (χ1n) is 9.48. The van der Waals surface area contributed by atoms with Gasteiger partial charge in [-0.25, -0.2) is 4.98 Å². The molecule has 0 aliphatic carbocycles. The van der Waals surface area contributed by atoms with Crippen LogP contribution in [0.3, 0.4) is 0 Å². The number of para-hydroxylation sites is 1. The van der Waals surface area contributed by atoms with E-state index in [4.69, 9.17) is 9.26 Å². The number of aromatic amines is 1. The van der Waals surface area contributed by atoms with Crippen LogP contribution in [0.2, 0.25) is 0 Å². The molecule has 0 aliphatic heterocycles. The summed E-state index contributed by atoms with van der Waals surface area (Å²) in [5.41, 5.74) is 3.52. The van der Waals surface area contributed by atoms with Crippen LogP contribution in [0.1, 0.15) is 5.69 Å². The molecular formula is C24H17N3O3. The first-order valence-corrected chi connectivity index (χ1v) is 9.48. The fraction of sp³-hybridized carbons (Fsp3) is 0.0417. The molecular weight excluding hydrogens is 378 g/mol. The Balaban J connectivity index is 1.36. The lowest BCUT2D eigenvalue weighted by Crippen LogP contribution is -2.01. The van der Waals surface area contributed by atoms with Crippen molar-refractivity contribution >= 4 is 10.9 Å². The van der Waals surface area contributed by atoms with Gasteiger partial charge in [0.2, 0.25) is 0 Å². The highest BCUT2D eigenvalue weighted by Crippen LogP contribution is 2.30. The topological polar surface area (TPSA) is 81.0 Å². The Kier molecular flexibility index (Phi) is 4.57. The zero-order valence-corrected chi connectivity index (χ0v) is 15.9. The molecule has 146 valence electrons. The third-order valence-electron chi connectivity index (χ3n) is 4.83. The van der Waals surface area contributed by atoms with Crippen LogP contribution >= 0.6 is 0 Å². The summed E-state index contributed by atoms with van der Waals surface area (Å²) in [5.74, 6) is 1.19. The molecule has 3 aromatic heterocycles. The lowest BCUT2D eigenvalue weighted by molar-refractivity contribution is 0.302. The summed E-state index contributed by atoms with van der Waals surface area (Å²) in [5, 5.41) is 3.52. The second-order valence-corrected chi connectivity index (χ2v) is 6.78. The maximum absolute atomic E-state index is 12.2. The monoisotopic (exact) mass is 395 g/mol. The minimum atomic E-state index is -0.279. The Bertz CT molecular complexity index is 1360. The van der Waals surface area contributed by atoms with E-state index in [0.717, 1.165) is 27.7 Å². The average Bonchev–Trinajstić information content (AvgIpc) is 3.20. The quantitative estimate of drug-likeness (QED) is 0.461. The summed E-state index contributed by atoms with van der Waals surface area (Å²) in [6, 6.07) is 23.0. The van der Waals surface area contributed by atoms with Crippen LogP contribution < -0.4 is 10.3 Å². The highest BCUT2D eigenvalue weighted by Gasteiger charge is 2.16. The molecule has 0 saturated carbocycles. The van der Waals surface area contributed by atoms with Crippen molar-refractivity contribution in [3.63, 3.8) is 0 Å². The van der Waals surface area contributed by atoms with E-state index in [1.54, 1.807) is 24.5 Å². The number of hydrogen-bond donors (Lipinski definition) is 1. The smallest absolute Gasteiger partial charge is 0.288 e. The maximum atomic E-state index is 12.2. The summed E-state index contributed by atoms with van der Waals surface area (Å²) < 4.78 is 11.3. The lowest BCUT2D eigenvalue weighted by atomic mass is 10.0. The molecule has 0 spiro atoms. The van der Waals surface area contributed by atoms with Gasteiger partial charge in [0.05, 0.1) is 16.8 Å². The van der Waals surface area contributed by atoms with Gasteiger partial charge in [0.25, 0.3) is 5.56 Å². The minimum absolute atomic E-state index is 0.279. The van der Waals surface area contributed by atoms with Gasteiger partial charge in [0.15, 0.2) is 5.76 Å². The fourth-order valence-corrected chi connectivity index (χ4v) is 3.34. The highest BCUT2D eigenvalue weighted by atomic mass is 16.5. The number of rotatable bonds is 5. The van der Waals surface area contributed by atoms with Gasteiger partial charge in [-0.15, -0.1) is 0 Å². The van der Waals surface area contributed by atoms with Crippen molar-refractivity contribution in [1.29, 1.82) is 0 Å². The van der Waals surface area contributed by atoms with E-state index >= 15 is 0 Å². The van der Waals surface area contributed by atoms with Crippen molar-refractivity contribution in [1.82, 2.24) is 15.1 Å². The molecule has 0 amide bonds. The molecule has 5 aromatic rings. The molecule has 0 aliphatic rings. The van der Waals surface area contributed by atoms with Crippen molar-refractivity contribution in [2.45, 2.75) is 6.61 Å². The summed E-state index contributed by atoms with van der Waals surface area (Å²) in [6.45, 7) is 0.367. The van der Waals surface area contributed by atoms with Crippen LogP contribution in [0.25, 0.3) is 33.4 Å². The highest BCUT2D eigenvalue weighted by molar-refractivity contribution is 5.79. The second-order valence-electron chi connectivity index (χ2n) is 6.78. The van der Waals surface area contributed by atoms with E-state index in [2.05, 4.69) is 15.1 Å². The number of H-pyrrole nitrogens is 1. The van der Waals surface area contributed by atoms with E-state index in [1.165, 1.54) is 0 Å². The van der Waals surface area contributed by atoms with Crippen molar-refractivity contribution in [2.24, 2.45) is 0 Å². The molecule has 30 heavy (non-hydrogen) atoms. The normalized spacial score (nSPS) is 10.9. The standard InChI is InChI=1S/C24H17N3O3/c28-24-22(17-11-13-25-14-12-17)23(30-27-24)18-6-9-20(10-7-18)29-15-19-8-5-16-3-1-2-4-21(16)26-19/h1-14H,15H2,(H,27,28). The molecule has 0 bridgehead atoms. The first kappa shape index (κ1) is 17.9. The van der Waals surface area contributed by atoms with Crippen LogP contribution in [0, 0.1) is 0 Å². The molecule has 0 radical (unpaired) electrons. The maximum Gasteiger partial charge on any atom is 0.288 e. The fourth-order valence-electron chi connectivity index (χ4n) is 3.34. The zero-order valence-electron chi connectivity index (χ0n) is 15.9. The Morgan fingerprint density at radius 2 is 1.67 bits per heavy atom. The Hall–Kier alpha value is -4.19. The lowest BCUT2D eigenvalue weighted by Gasteiger charge is -2.07. The summed E-state index contributed by atoms with van der Waals surface area (Å²) >= 11 is 0. The number of ether oxygens (including phenoxy) is 1. The summed E-state index contributed by atoms with van der Waals surface area (Å²) in [7, 11) is 0. The van der Waals surface area contributed by atoms with E-state index in [1.807, 2.05) is 60.7 Å². The molecule has 6 nitrogen and oxygen atoms in total. The Morgan fingerprint density at radius 3 is 2.50 bits per heavy atom. The number of hydrogen-bond acceptors (Lipinski definition) is 5. The number of pyridine rings is 2. The third kappa shape index (κ3) is 3.46. The number of benzene rings is 2. The largest absolute Gasteiger partial charge is 0.487 e. The molecule has 0 unspecified atom stereocenters. The van der Waals surface area contributed by atoms with E-state index in [0.29, 0.717) is 23.7 Å². The molecule has 6 heteroatoms. The van der Waals surface area contributed by atoms with Crippen molar-refractivity contribution in [3.05, 3.63) is 101 Å². The molecule has 3 heterocycles. The molecule has 1 N–H and O–H groups in total. The van der Waals surface area contributed by atoms with Gasteiger partial charge < -0.3 is 9.26 Å². The van der Waals surface area contributed by atoms with Crippen molar-refractivity contribution < 1.29 is 9.26 Å². The van der Waals surface area contributed by atoms with Gasteiger partial charge in [-0.3, -0.25) is 9.78 Å². The van der Waals surface area contributed by atoms with Gasteiger partial charge in [-0.05, 0) is 54.1 Å². The Morgan fingerprint density at radius 1 is 0.867 bits per heavy atom. The predicted octanol–water partition coefficient (Wildman–Crippen LogP) is 4.82. The molecule has 0 fully saturated rings. The molecule has 0 atom stereocenters. The predicted molar refractivity (Wildman–Crippen MR) is 114 cm³/mol. The molecule has 0 saturated heterocycles. The number of aromatic nitrogens is 3. The van der Waals surface area contributed by atoms with Crippen molar-refractivity contribution in [2.75, 3.05) is 0 Å². The van der Waals surface area contributed by atoms with Gasteiger partial charge in [-0.1, -0.05) is 24.3 Å². The first-order chi connectivity index (χ1) is 14.8. The number of nitrogens with one attached hydrogen (secondary N) is 1.